The number of carbonyl (C=O) groups is 2. The maximum absolute atomic E-state index is 11.2. The topological polar surface area (TPSA) is 61.4 Å². The van der Waals surface area contributed by atoms with E-state index in [2.05, 4.69) is 10.6 Å². The highest BCUT2D eigenvalue weighted by molar-refractivity contribution is 5.83. The average molecular weight is 201 g/mol. The van der Waals surface area contributed by atoms with Crippen molar-refractivity contribution in [3.05, 3.63) is 0 Å². The summed E-state index contributed by atoms with van der Waals surface area (Å²) in [5.74, 6) is -0.148. The predicted octanol–water partition coefficient (Wildman–Crippen LogP) is 0.174. The number of nitrogens with one attached hydrogen (secondary N) is 2. The molecule has 82 valence electrons. The van der Waals surface area contributed by atoms with Crippen LogP contribution in [-0.2, 0) is 4.79 Å². The van der Waals surface area contributed by atoms with Crippen molar-refractivity contribution in [1.82, 2.24) is 15.5 Å². The molecule has 0 fully saturated rings. The third-order valence-corrected chi connectivity index (χ3v) is 1.79. The molecule has 5 nitrogen and oxygen atoms in total. The summed E-state index contributed by atoms with van der Waals surface area (Å²) in [6.45, 7) is 5.17. The van der Waals surface area contributed by atoms with Crippen molar-refractivity contribution in [2.45, 2.75) is 20.3 Å². The fourth-order valence-electron chi connectivity index (χ4n) is 0.761. The van der Waals surface area contributed by atoms with E-state index in [1.54, 1.807) is 7.05 Å². The van der Waals surface area contributed by atoms with E-state index in [-0.39, 0.29) is 18.5 Å². The largest absolute Gasteiger partial charge is 0.355 e. The molecule has 2 N–H and O–H groups in total. The van der Waals surface area contributed by atoms with Crippen LogP contribution in [0.4, 0.5) is 4.79 Å². The minimum absolute atomic E-state index is 0.0448. The zero-order chi connectivity index (χ0) is 11.0. The molecule has 0 heterocycles. The van der Waals surface area contributed by atoms with Gasteiger partial charge < -0.3 is 15.5 Å². The van der Waals surface area contributed by atoms with E-state index in [0.29, 0.717) is 13.1 Å². The number of hydrogen-bond acceptors (Lipinski definition) is 2. The van der Waals surface area contributed by atoms with Gasteiger partial charge in [0.2, 0.25) is 5.91 Å². The third-order valence-electron chi connectivity index (χ3n) is 1.79. The standard InChI is InChI=1S/C9H19N3O2/c1-4-6-10-8(13)7-11-9(14)12(3)5-2/h4-7H2,1-3H3,(H,10,13)(H,11,14). The average Bonchev–Trinajstić information content (AvgIpc) is 2.21. The Balaban J connectivity index is 3.61. The molecule has 0 aliphatic rings. The van der Waals surface area contributed by atoms with Crippen LogP contribution in [0.15, 0.2) is 0 Å². The van der Waals surface area contributed by atoms with Gasteiger partial charge in [0, 0.05) is 20.1 Å². The summed E-state index contributed by atoms with van der Waals surface area (Å²) in [6.07, 6.45) is 0.897. The van der Waals surface area contributed by atoms with Crippen LogP contribution in [0.3, 0.4) is 0 Å². The first kappa shape index (κ1) is 12.7. The Labute approximate surface area is 84.8 Å². The minimum atomic E-state index is -0.223. The Bertz CT molecular complexity index is 194. The van der Waals surface area contributed by atoms with Gasteiger partial charge in [-0.15, -0.1) is 0 Å². The van der Waals surface area contributed by atoms with Crippen molar-refractivity contribution < 1.29 is 9.59 Å². The quantitative estimate of drug-likeness (QED) is 0.666. The van der Waals surface area contributed by atoms with E-state index < -0.39 is 0 Å². The van der Waals surface area contributed by atoms with Gasteiger partial charge in [0.05, 0.1) is 6.54 Å². The molecule has 0 unspecified atom stereocenters. The summed E-state index contributed by atoms with van der Waals surface area (Å²) in [7, 11) is 1.68. The van der Waals surface area contributed by atoms with Gasteiger partial charge in [0.25, 0.3) is 0 Å². The van der Waals surface area contributed by atoms with Crippen LogP contribution >= 0.6 is 0 Å². The number of carbonyl (C=O) groups excluding carboxylic acids is 2. The summed E-state index contributed by atoms with van der Waals surface area (Å²) >= 11 is 0. The summed E-state index contributed by atoms with van der Waals surface area (Å²) in [4.78, 5) is 23.8. The lowest BCUT2D eigenvalue weighted by Gasteiger charge is -2.15. The third kappa shape index (κ3) is 5.40. The zero-order valence-corrected chi connectivity index (χ0v) is 9.09. The van der Waals surface area contributed by atoms with E-state index in [0.717, 1.165) is 6.42 Å². The molecule has 14 heavy (non-hydrogen) atoms. The van der Waals surface area contributed by atoms with E-state index in [1.807, 2.05) is 13.8 Å². The van der Waals surface area contributed by atoms with Crippen molar-refractivity contribution in [3.63, 3.8) is 0 Å². The first-order valence-electron chi connectivity index (χ1n) is 4.87. The second-order valence-corrected chi connectivity index (χ2v) is 3.02. The first-order chi connectivity index (χ1) is 6.61. The number of hydrogen-bond donors (Lipinski definition) is 2. The summed E-state index contributed by atoms with van der Waals surface area (Å²) in [5.41, 5.74) is 0. The van der Waals surface area contributed by atoms with Gasteiger partial charge >= 0.3 is 6.03 Å². The van der Waals surface area contributed by atoms with Gasteiger partial charge in [-0.1, -0.05) is 6.92 Å². The molecule has 0 aromatic carbocycles. The molecule has 0 radical (unpaired) electrons. The van der Waals surface area contributed by atoms with Crippen molar-refractivity contribution in [2.24, 2.45) is 0 Å². The van der Waals surface area contributed by atoms with E-state index in [4.69, 9.17) is 0 Å². The van der Waals surface area contributed by atoms with Crippen LogP contribution in [0, 0.1) is 0 Å². The van der Waals surface area contributed by atoms with E-state index in [1.165, 1.54) is 4.90 Å². The lowest BCUT2D eigenvalue weighted by Crippen LogP contribution is -2.42. The Kier molecular flexibility index (Phi) is 6.53. The zero-order valence-electron chi connectivity index (χ0n) is 9.09. The van der Waals surface area contributed by atoms with Crippen LogP contribution in [-0.4, -0.2) is 43.5 Å². The maximum Gasteiger partial charge on any atom is 0.317 e. The minimum Gasteiger partial charge on any atom is -0.355 e. The first-order valence-corrected chi connectivity index (χ1v) is 4.87. The molecule has 0 spiro atoms. The van der Waals surface area contributed by atoms with Gasteiger partial charge in [-0.05, 0) is 13.3 Å². The van der Waals surface area contributed by atoms with Crippen LogP contribution in [0.25, 0.3) is 0 Å². The Morgan fingerprint density at radius 1 is 1.21 bits per heavy atom. The fraction of sp³-hybridized carbons (Fsp3) is 0.778. The van der Waals surface area contributed by atoms with E-state index in [9.17, 15) is 9.59 Å². The van der Waals surface area contributed by atoms with Crippen LogP contribution in [0.5, 0.6) is 0 Å². The second kappa shape index (κ2) is 7.17. The van der Waals surface area contributed by atoms with Gasteiger partial charge in [0.15, 0.2) is 0 Å². The molecule has 0 atom stereocenters. The number of rotatable bonds is 5. The lowest BCUT2D eigenvalue weighted by atomic mass is 10.4. The molecular formula is C9H19N3O2. The number of urea groups is 1. The fourth-order valence-corrected chi connectivity index (χ4v) is 0.761. The van der Waals surface area contributed by atoms with Crippen molar-refractivity contribution in [3.8, 4) is 0 Å². The Morgan fingerprint density at radius 3 is 2.36 bits per heavy atom. The predicted molar refractivity (Wildman–Crippen MR) is 55.0 cm³/mol. The number of amides is 3. The molecule has 3 amide bonds. The van der Waals surface area contributed by atoms with Crippen LogP contribution in [0.2, 0.25) is 0 Å². The highest BCUT2D eigenvalue weighted by Crippen LogP contribution is 1.81. The molecule has 0 aromatic rings. The molecule has 5 heteroatoms. The van der Waals surface area contributed by atoms with Crippen molar-refractivity contribution >= 4 is 11.9 Å². The van der Waals surface area contributed by atoms with Gasteiger partial charge in [-0.25, -0.2) is 4.79 Å². The molecule has 0 saturated carbocycles. The van der Waals surface area contributed by atoms with Crippen LogP contribution in [0.1, 0.15) is 20.3 Å². The van der Waals surface area contributed by atoms with Crippen molar-refractivity contribution in [1.29, 1.82) is 0 Å². The second-order valence-electron chi connectivity index (χ2n) is 3.02. The summed E-state index contributed by atoms with van der Waals surface area (Å²) in [6, 6.07) is -0.223. The molecule has 0 bridgehead atoms. The SMILES string of the molecule is CCCNC(=O)CNC(=O)N(C)CC. The molecule has 0 aromatic heterocycles. The lowest BCUT2D eigenvalue weighted by molar-refractivity contribution is -0.120. The maximum atomic E-state index is 11.2. The molecule has 0 saturated heterocycles. The summed E-state index contributed by atoms with van der Waals surface area (Å²) < 4.78 is 0. The van der Waals surface area contributed by atoms with Crippen molar-refractivity contribution in [2.75, 3.05) is 26.7 Å². The normalized spacial score (nSPS) is 9.36. The van der Waals surface area contributed by atoms with Crippen LogP contribution < -0.4 is 10.6 Å². The van der Waals surface area contributed by atoms with Gasteiger partial charge in [-0.3, -0.25) is 4.79 Å². The smallest absolute Gasteiger partial charge is 0.317 e. The van der Waals surface area contributed by atoms with Gasteiger partial charge in [-0.2, -0.15) is 0 Å². The monoisotopic (exact) mass is 201 g/mol. The summed E-state index contributed by atoms with van der Waals surface area (Å²) in [5, 5.41) is 5.19. The molecule has 0 aliphatic heterocycles. The van der Waals surface area contributed by atoms with E-state index >= 15 is 0 Å². The highest BCUT2D eigenvalue weighted by atomic mass is 16.2. The molecule has 0 rings (SSSR count). The number of nitrogens with zero attached hydrogens (tertiary/aromatic N) is 1. The molecular weight excluding hydrogens is 182 g/mol. The Morgan fingerprint density at radius 2 is 1.86 bits per heavy atom. The Hall–Kier alpha value is -1.26. The highest BCUT2D eigenvalue weighted by Gasteiger charge is 2.07. The molecule has 0 aliphatic carbocycles. The van der Waals surface area contributed by atoms with Gasteiger partial charge in [0.1, 0.15) is 0 Å².